The summed E-state index contributed by atoms with van der Waals surface area (Å²) in [5.74, 6) is 0. The molecule has 74 valence electrons. The lowest BCUT2D eigenvalue weighted by Gasteiger charge is -2.15. The van der Waals surface area contributed by atoms with Crippen LogP contribution in [0.15, 0.2) is 24.3 Å². The number of rotatable bonds is 2. The summed E-state index contributed by atoms with van der Waals surface area (Å²) < 4.78 is 0. The average Bonchev–Trinajstić information content (AvgIpc) is 2.70. The van der Waals surface area contributed by atoms with Gasteiger partial charge in [0, 0.05) is 6.04 Å². The van der Waals surface area contributed by atoms with E-state index in [-0.39, 0.29) is 6.04 Å². The molecule has 2 rings (SSSR count). The third kappa shape index (κ3) is 1.82. The molecule has 0 aromatic heterocycles. The highest BCUT2D eigenvalue weighted by molar-refractivity contribution is 6.59. The van der Waals surface area contributed by atoms with E-state index in [1.165, 1.54) is 0 Å². The fourth-order valence-electron chi connectivity index (χ4n) is 2.01. The summed E-state index contributed by atoms with van der Waals surface area (Å²) in [4.78, 5) is 0. The highest BCUT2D eigenvalue weighted by Gasteiger charge is 2.23. The lowest BCUT2D eigenvalue weighted by Crippen LogP contribution is -2.35. The molecule has 1 aromatic rings. The van der Waals surface area contributed by atoms with Crippen LogP contribution in [0.1, 0.15) is 24.4 Å². The molecule has 14 heavy (non-hydrogen) atoms. The molecule has 0 spiro atoms. The second-order valence-electron chi connectivity index (χ2n) is 3.65. The summed E-state index contributed by atoms with van der Waals surface area (Å²) in [6, 6.07) is 7.76. The van der Waals surface area contributed by atoms with Crippen molar-refractivity contribution in [2.24, 2.45) is 0 Å². The Kier molecular flexibility index (Phi) is 2.86. The zero-order valence-electron chi connectivity index (χ0n) is 7.98. The third-order valence-electron chi connectivity index (χ3n) is 2.71. The van der Waals surface area contributed by atoms with Crippen LogP contribution >= 0.6 is 0 Å². The minimum atomic E-state index is -1.37. The highest BCUT2D eigenvalue weighted by Crippen LogP contribution is 2.21. The van der Waals surface area contributed by atoms with Gasteiger partial charge in [0.15, 0.2) is 0 Å². The third-order valence-corrected chi connectivity index (χ3v) is 2.71. The van der Waals surface area contributed by atoms with Gasteiger partial charge in [0.25, 0.3) is 0 Å². The molecular formula is C10H14BNO2. The van der Waals surface area contributed by atoms with Crippen molar-refractivity contribution < 1.29 is 10.0 Å². The van der Waals surface area contributed by atoms with Crippen molar-refractivity contribution in [1.82, 2.24) is 5.32 Å². The molecule has 3 nitrogen and oxygen atoms in total. The molecular weight excluding hydrogens is 177 g/mol. The molecule has 1 atom stereocenters. The van der Waals surface area contributed by atoms with Crippen LogP contribution in [-0.4, -0.2) is 23.7 Å². The lowest BCUT2D eigenvalue weighted by molar-refractivity contribution is 0.424. The fourth-order valence-corrected chi connectivity index (χ4v) is 2.01. The Hall–Kier alpha value is -0.835. The van der Waals surface area contributed by atoms with Crippen molar-refractivity contribution >= 4 is 12.6 Å². The minimum absolute atomic E-state index is 0.285. The molecule has 0 radical (unpaired) electrons. The molecule has 1 aromatic carbocycles. The summed E-state index contributed by atoms with van der Waals surface area (Å²) in [5.41, 5.74) is 1.63. The van der Waals surface area contributed by atoms with Crippen LogP contribution in [0.4, 0.5) is 0 Å². The standard InChI is InChI=1S/C10H14BNO2/c13-11(14)9-5-2-1-4-8(9)10-6-3-7-12-10/h1-2,4-5,10,12-14H,3,6-7H2. The minimum Gasteiger partial charge on any atom is -0.423 e. The number of hydrogen-bond acceptors (Lipinski definition) is 3. The second-order valence-corrected chi connectivity index (χ2v) is 3.65. The van der Waals surface area contributed by atoms with Gasteiger partial charge >= 0.3 is 7.12 Å². The van der Waals surface area contributed by atoms with Crippen molar-refractivity contribution in [3.63, 3.8) is 0 Å². The molecule has 1 fully saturated rings. The van der Waals surface area contributed by atoms with Gasteiger partial charge in [-0.25, -0.2) is 0 Å². The molecule has 4 heteroatoms. The van der Waals surface area contributed by atoms with Crippen molar-refractivity contribution in [2.45, 2.75) is 18.9 Å². The first-order valence-corrected chi connectivity index (χ1v) is 4.97. The zero-order valence-corrected chi connectivity index (χ0v) is 7.98. The van der Waals surface area contributed by atoms with E-state index in [4.69, 9.17) is 0 Å². The van der Waals surface area contributed by atoms with E-state index in [1.54, 1.807) is 6.07 Å². The van der Waals surface area contributed by atoms with Gasteiger partial charge in [0.1, 0.15) is 0 Å². The monoisotopic (exact) mass is 191 g/mol. The Labute approximate surface area is 83.9 Å². The Morgan fingerprint density at radius 2 is 2.07 bits per heavy atom. The molecule has 1 unspecified atom stereocenters. The summed E-state index contributed by atoms with van der Waals surface area (Å²) >= 11 is 0. The number of hydrogen-bond donors (Lipinski definition) is 3. The van der Waals surface area contributed by atoms with Gasteiger partial charge in [-0.05, 0) is 30.4 Å². The Morgan fingerprint density at radius 3 is 2.71 bits per heavy atom. The molecule has 3 N–H and O–H groups in total. The Balaban J connectivity index is 2.30. The van der Waals surface area contributed by atoms with Crippen molar-refractivity contribution in [3.05, 3.63) is 29.8 Å². The average molecular weight is 191 g/mol. The smallest absolute Gasteiger partial charge is 0.423 e. The van der Waals surface area contributed by atoms with Gasteiger partial charge in [-0.3, -0.25) is 0 Å². The van der Waals surface area contributed by atoms with E-state index < -0.39 is 7.12 Å². The summed E-state index contributed by atoms with van der Waals surface area (Å²) in [6.45, 7) is 1.01. The molecule has 1 aliphatic heterocycles. The van der Waals surface area contributed by atoms with Gasteiger partial charge in [-0.15, -0.1) is 0 Å². The molecule has 0 saturated carbocycles. The van der Waals surface area contributed by atoms with E-state index in [0.29, 0.717) is 5.46 Å². The van der Waals surface area contributed by atoms with Crippen LogP contribution in [0.2, 0.25) is 0 Å². The first kappa shape index (κ1) is 9.71. The van der Waals surface area contributed by atoms with Gasteiger partial charge in [0.05, 0.1) is 0 Å². The molecule has 1 heterocycles. The topological polar surface area (TPSA) is 52.5 Å². The van der Waals surface area contributed by atoms with Crippen molar-refractivity contribution in [1.29, 1.82) is 0 Å². The molecule has 1 aliphatic rings. The summed E-state index contributed by atoms with van der Waals surface area (Å²) in [5, 5.41) is 21.7. The van der Waals surface area contributed by atoms with Crippen LogP contribution in [0.3, 0.4) is 0 Å². The van der Waals surface area contributed by atoms with Gasteiger partial charge in [0.2, 0.25) is 0 Å². The van der Waals surface area contributed by atoms with E-state index in [1.807, 2.05) is 18.2 Å². The Morgan fingerprint density at radius 1 is 1.29 bits per heavy atom. The second kappa shape index (κ2) is 4.13. The normalized spacial score (nSPS) is 21.1. The number of benzene rings is 1. The predicted octanol–water partition coefficient (Wildman–Crippen LogP) is -0.209. The fraction of sp³-hybridized carbons (Fsp3) is 0.400. The summed E-state index contributed by atoms with van der Waals surface area (Å²) in [7, 11) is -1.37. The van der Waals surface area contributed by atoms with Crippen LogP contribution < -0.4 is 10.8 Å². The van der Waals surface area contributed by atoms with Crippen LogP contribution in [0, 0.1) is 0 Å². The maximum Gasteiger partial charge on any atom is 0.488 e. The molecule has 0 amide bonds. The largest absolute Gasteiger partial charge is 0.488 e. The first-order chi connectivity index (χ1) is 6.79. The van der Waals surface area contributed by atoms with E-state index in [0.717, 1.165) is 24.9 Å². The van der Waals surface area contributed by atoms with Crippen molar-refractivity contribution in [3.8, 4) is 0 Å². The van der Waals surface area contributed by atoms with E-state index in [9.17, 15) is 10.0 Å². The zero-order chi connectivity index (χ0) is 9.97. The molecule has 0 bridgehead atoms. The lowest BCUT2D eigenvalue weighted by atomic mass is 9.75. The van der Waals surface area contributed by atoms with E-state index in [2.05, 4.69) is 5.32 Å². The van der Waals surface area contributed by atoms with E-state index >= 15 is 0 Å². The van der Waals surface area contributed by atoms with Gasteiger partial charge in [-0.2, -0.15) is 0 Å². The predicted molar refractivity (Wildman–Crippen MR) is 56.2 cm³/mol. The Bertz CT molecular complexity index is 311. The summed E-state index contributed by atoms with van der Waals surface area (Å²) in [6.07, 6.45) is 2.23. The van der Waals surface area contributed by atoms with Gasteiger partial charge in [-0.1, -0.05) is 24.3 Å². The van der Waals surface area contributed by atoms with Crippen LogP contribution in [0.25, 0.3) is 0 Å². The van der Waals surface area contributed by atoms with Crippen LogP contribution in [-0.2, 0) is 0 Å². The molecule has 0 aliphatic carbocycles. The SMILES string of the molecule is OB(O)c1ccccc1C1CCCN1. The van der Waals surface area contributed by atoms with Gasteiger partial charge < -0.3 is 15.4 Å². The first-order valence-electron chi connectivity index (χ1n) is 4.97. The maximum absolute atomic E-state index is 9.19. The quantitative estimate of drug-likeness (QED) is 0.567. The van der Waals surface area contributed by atoms with Crippen LogP contribution in [0.5, 0.6) is 0 Å². The van der Waals surface area contributed by atoms with Crippen molar-refractivity contribution in [2.75, 3.05) is 6.54 Å². The maximum atomic E-state index is 9.19. The number of nitrogens with one attached hydrogen (secondary N) is 1. The molecule has 1 saturated heterocycles. The highest BCUT2D eigenvalue weighted by atomic mass is 16.4.